The minimum absolute atomic E-state index is 0.0296. The van der Waals surface area contributed by atoms with Crippen LogP contribution in [0.3, 0.4) is 0 Å². The molecule has 1 heterocycles. The van der Waals surface area contributed by atoms with Gasteiger partial charge in [0.1, 0.15) is 5.75 Å². The van der Waals surface area contributed by atoms with Gasteiger partial charge in [0, 0.05) is 17.0 Å². The maximum Gasteiger partial charge on any atom is 0.257 e. The summed E-state index contributed by atoms with van der Waals surface area (Å²) >= 11 is 1.46. The van der Waals surface area contributed by atoms with Crippen LogP contribution in [0.5, 0.6) is 5.75 Å². The predicted molar refractivity (Wildman–Crippen MR) is 117 cm³/mol. The molecule has 0 fully saturated rings. The zero-order valence-corrected chi connectivity index (χ0v) is 17.5. The number of anilines is 1. The van der Waals surface area contributed by atoms with E-state index in [1.807, 2.05) is 42.5 Å². The molecule has 0 unspecified atom stereocenters. The molecule has 0 saturated carbocycles. The minimum Gasteiger partial charge on any atom is -0.497 e. The van der Waals surface area contributed by atoms with Crippen LogP contribution in [-0.2, 0) is 17.8 Å². The van der Waals surface area contributed by atoms with Gasteiger partial charge in [-0.2, -0.15) is 0 Å². The van der Waals surface area contributed by atoms with Gasteiger partial charge in [-0.1, -0.05) is 30.3 Å². The Balaban J connectivity index is 1.42. The third kappa shape index (κ3) is 4.52. The van der Waals surface area contributed by atoms with Crippen molar-refractivity contribution in [3.8, 4) is 5.75 Å². The SMILES string of the molecule is COc1ccc(CNC(=O)[C@H]2CCCc3sc(NC(=O)c4ccccc4)nc32)cc1. The molecule has 154 valence electrons. The maximum atomic E-state index is 12.9. The van der Waals surface area contributed by atoms with E-state index in [0.717, 1.165) is 41.1 Å². The van der Waals surface area contributed by atoms with Crippen molar-refractivity contribution in [2.24, 2.45) is 0 Å². The van der Waals surface area contributed by atoms with Gasteiger partial charge in [0.15, 0.2) is 5.13 Å². The molecule has 4 rings (SSSR count). The van der Waals surface area contributed by atoms with Crippen LogP contribution in [0.25, 0.3) is 0 Å². The number of methoxy groups -OCH3 is 1. The van der Waals surface area contributed by atoms with Crippen LogP contribution in [0, 0.1) is 0 Å². The number of benzene rings is 2. The summed E-state index contributed by atoms with van der Waals surface area (Å²) in [4.78, 5) is 31.0. The van der Waals surface area contributed by atoms with Crippen molar-refractivity contribution in [2.45, 2.75) is 31.7 Å². The van der Waals surface area contributed by atoms with Crippen LogP contribution in [-0.4, -0.2) is 23.9 Å². The largest absolute Gasteiger partial charge is 0.497 e. The first-order valence-corrected chi connectivity index (χ1v) is 10.7. The van der Waals surface area contributed by atoms with E-state index in [-0.39, 0.29) is 17.7 Å². The van der Waals surface area contributed by atoms with Crippen LogP contribution in [0.1, 0.15) is 45.3 Å². The number of fused-ring (bicyclic) bond motifs is 1. The molecule has 0 spiro atoms. The number of hydrogen-bond donors (Lipinski definition) is 2. The highest BCUT2D eigenvalue weighted by atomic mass is 32.1. The number of thiazole rings is 1. The van der Waals surface area contributed by atoms with Gasteiger partial charge in [0.25, 0.3) is 5.91 Å². The molecule has 1 aliphatic carbocycles. The van der Waals surface area contributed by atoms with Gasteiger partial charge < -0.3 is 10.1 Å². The number of ether oxygens (including phenoxy) is 1. The number of hydrogen-bond acceptors (Lipinski definition) is 5. The molecule has 0 saturated heterocycles. The summed E-state index contributed by atoms with van der Waals surface area (Å²) in [6, 6.07) is 16.7. The molecule has 0 radical (unpaired) electrons. The Morgan fingerprint density at radius 3 is 2.63 bits per heavy atom. The lowest BCUT2D eigenvalue weighted by atomic mass is 9.90. The van der Waals surface area contributed by atoms with Gasteiger partial charge in [-0.05, 0) is 49.1 Å². The highest BCUT2D eigenvalue weighted by Crippen LogP contribution is 2.37. The molecule has 1 aliphatic rings. The Kier molecular flexibility index (Phi) is 6.09. The Morgan fingerprint density at radius 2 is 1.90 bits per heavy atom. The molecule has 2 aromatic carbocycles. The molecular weight excluding hydrogens is 398 g/mol. The number of rotatable bonds is 6. The Bertz CT molecular complexity index is 1030. The fraction of sp³-hybridized carbons (Fsp3) is 0.261. The van der Waals surface area contributed by atoms with E-state index >= 15 is 0 Å². The summed E-state index contributed by atoms with van der Waals surface area (Å²) in [7, 11) is 1.63. The topological polar surface area (TPSA) is 80.3 Å². The normalized spacial score (nSPS) is 15.2. The van der Waals surface area contributed by atoms with Crippen molar-refractivity contribution < 1.29 is 14.3 Å². The van der Waals surface area contributed by atoms with E-state index in [2.05, 4.69) is 15.6 Å². The number of carbonyl (C=O) groups is 2. The molecule has 6 nitrogen and oxygen atoms in total. The number of nitrogens with zero attached hydrogens (tertiary/aromatic N) is 1. The third-order valence-corrected chi connectivity index (χ3v) is 6.20. The molecule has 1 atom stereocenters. The first-order valence-electron chi connectivity index (χ1n) is 9.90. The highest BCUT2D eigenvalue weighted by molar-refractivity contribution is 7.16. The predicted octanol–water partition coefficient (Wildman–Crippen LogP) is 4.14. The van der Waals surface area contributed by atoms with Crippen molar-refractivity contribution in [2.75, 3.05) is 12.4 Å². The molecular formula is C23H23N3O3S. The van der Waals surface area contributed by atoms with Gasteiger partial charge in [0.2, 0.25) is 5.91 Å². The van der Waals surface area contributed by atoms with Crippen LogP contribution >= 0.6 is 11.3 Å². The van der Waals surface area contributed by atoms with E-state index in [9.17, 15) is 9.59 Å². The molecule has 0 bridgehead atoms. The lowest BCUT2D eigenvalue weighted by molar-refractivity contribution is -0.123. The second-order valence-corrected chi connectivity index (χ2v) is 8.24. The lowest BCUT2D eigenvalue weighted by Gasteiger charge is -2.20. The second kappa shape index (κ2) is 9.09. The quantitative estimate of drug-likeness (QED) is 0.627. The van der Waals surface area contributed by atoms with Gasteiger partial charge in [-0.15, -0.1) is 11.3 Å². The zero-order chi connectivity index (χ0) is 20.9. The van der Waals surface area contributed by atoms with Crippen molar-refractivity contribution in [1.29, 1.82) is 0 Å². The highest BCUT2D eigenvalue weighted by Gasteiger charge is 2.30. The molecule has 2 amide bonds. The number of aromatic nitrogens is 1. The number of aryl methyl sites for hydroxylation is 1. The number of amides is 2. The van der Waals surface area contributed by atoms with Gasteiger partial charge in [-0.25, -0.2) is 4.98 Å². The Labute approximate surface area is 179 Å². The van der Waals surface area contributed by atoms with E-state index in [4.69, 9.17) is 4.74 Å². The van der Waals surface area contributed by atoms with E-state index < -0.39 is 0 Å². The van der Waals surface area contributed by atoms with E-state index in [0.29, 0.717) is 17.2 Å². The molecule has 2 N–H and O–H groups in total. The molecule has 3 aromatic rings. The first-order chi connectivity index (χ1) is 14.6. The summed E-state index contributed by atoms with van der Waals surface area (Å²) in [6.07, 6.45) is 2.58. The van der Waals surface area contributed by atoms with Crippen molar-refractivity contribution in [3.63, 3.8) is 0 Å². The van der Waals surface area contributed by atoms with Crippen LogP contribution in [0.2, 0.25) is 0 Å². The number of carbonyl (C=O) groups excluding carboxylic acids is 2. The maximum absolute atomic E-state index is 12.9. The van der Waals surface area contributed by atoms with Crippen LogP contribution < -0.4 is 15.4 Å². The monoisotopic (exact) mass is 421 g/mol. The van der Waals surface area contributed by atoms with Crippen LogP contribution in [0.4, 0.5) is 5.13 Å². The van der Waals surface area contributed by atoms with Gasteiger partial charge in [-0.3, -0.25) is 14.9 Å². The second-order valence-electron chi connectivity index (χ2n) is 7.16. The van der Waals surface area contributed by atoms with Crippen molar-refractivity contribution >= 4 is 28.3 Å². The van der Waals surface area contributed by atoms with Gasteiger partial charge >= 0.3 is 0 Å². The summed E-state index contributed by atoms with van der Waals surface area (Å²) < 4.78 is 5.16. The van der Waals surface area contributed by atoms with Gasteiger partial charge in [0.05, 0.1) is 18.7 Å². The zero-order valence-electron chi connectivity index (χ0n) is 16.7. The van der Waals surface area contributed by atoms with Crippen molar-refractivity contribution in [1.82, 2.24) is 10.3 Å². The standard InChI is InChI=1S/C23H23N3O3S/c1-29-17-12-10-15(11-13-17)14-24-22(28)18-8-5-9-19-20(18)25-23(30-19)26-21(27)16-6-3-2-4-7-16/h2-4,6-7,10-13,18H,5,8-9,14H2,1H3,(H,24,28)(H,25,26,27)/t18-/m0/s1. The Morgan fingerprint density at radius 1 is 1.13 bits per heavy atom. The fourth-order valence-electron chi connectivity index (χ4n) is 3.54. The summed E-state index contributed by atoms with van der Waals surface area (Å²) in [5.74, 6) is 0.278. The first kappa shape index (κ1) is 20.1. The lowest BCUT2D eigenvalue weighted by Crippen LogP contribution is -2.31. The average molecular weight is 422 g/mol. The average Bonchev–Trinajstić information content (AvgIpc) is 3.20. The number of nitrogens with one attached hydrogen (secondary N) is 2. The fourth-order valence-corrected chi connectivity index (χ4v) is 4.60. The summed E-state index contributed by atoms with van der Waals surface area (Å²) in [5.41, 5.74) is 2.38. The smallest absolute Gasteiger partial charge is 0.257 e. The van der Waals surface area contributed by atoms with Crippen molar-refractivity contribution in [3.05, 3.63) is 76.3 Å². The molecule has 0 aliphatic heterocycles. The Hall–Kier alpha value is -3.19. The molecule has 1 aromatic heterocycles. The minimum atomic E-state index is -0.286. The van der Waals surface area contributed by atoms with E-state index in [1.165, 1.54) is 11.3 Å². The third-order valence-electron chi connectivity index (χ3n) is 5.15. The summed E-state index contributed by atoms with van der Waals surface area (Å²) in [6.45, 7) is 0.455. The van der Waals surface area contributed by atoms with E-state index in [1.54, 1.807) is 19.2 Å². The summed E-state index contributed by atoms with van der Waals surface area (Å²) in [5, 5.41) is 6.43. The molecule has 7 heteroatoms. The van der Waals surface area contributed by atoms with Crippen LogP contribution in [0.15, 0.2) is 54.6 Å². The molecule has 30 heavy (non-hydrogen) atoms.